The smallest absolute Gasteiger partial charge is 0.410 e. The highest BCUT2D eigenvalue weighted by Crippen LogP contribution is 2.52. The lowest BCUT2D eigenvalue weighted by Crippen LogP contribution is -2.65. The number of hydrogen-bond donors (Lipinski definition) is 0. The van der Waals surface area contributed by atoms with Gasteiger partial charge in [0.1, 0.15) is 29.0 Å². The topological polar surface area (TPSA) is 123 Å². The van der Waals surface area contributed by atoms with Gasteiger partial charge in [0, 0.05) is 55.3 Å². The first-order valence-corrected chi connectivity index (χ1v) is 17.1. The number of nitrogens with zero attached hydrogens (tertiary/aromatic N) is 7. The number of pyridine rings is 1. The molecule has 2 amide bonds. The number of amides is 2. The molecule has 0 atom stereocenters. The van der Waals surface area contributed by atoms with Crippen molar-refractivity contribution in [2.75, 3.05) is 24.5 Å². The average Bonchev–Trinajstić information content (AvgIpc) is 2.98. The van der Waals surface area contributed by atoms with Crippen LogP contribution >= 0.6 is 11.6 Å². The van der Waals surface area contributed by atoms with Crippen molar-refractivity contribution >= 4 is 29.4 Å². The van der Waals surface area contributed by atoms with E-state index in [1.165, 1.54) is 18.2 Å². The Labute approximate surface area is 290 Å². The Morgan fingerprint density at radius 3 is 2.45 bits per heavy atom. The molecule has 0 bridgehead atoms. The molecule has 0 N–H and O–H groups in total. The largest absolute Gasteiger partial charge is 0.490 e. The number of carbonyl (C=O) groups is 2. The lowest BCUT2D eigenvalue weighted by Gasteiger charge is -2.58. The highest BCUT2D eigenvalue weighted by atomic mass is 35.5. The van der Waals surface area contributed by atoms with E-state index >= 15 is 0 Å². The van der Waals surface area contributed by atoms with Crippen molar-refractivity contribution in [3.05, 3.63) is 58.4 Å². The van der Waals surface area contributed by atoms with Crippen molar-refractivity contribution in [3.63, 3.8) is 0 Å². The minimum Gasteiger partial charge on any atom is -0.490 e. The zero-order valence-corrected chi connectivity index (χ0v) is 29.8. The SMILES string of the molecule is CC(C)N(C(=O)c1cc(F)ccc1Oc1nnc(Cl)nc1N1CC2(CC(Oc3ccnc4c3CN(C(=O)OC(C)(C)C)CC4)C2)C1)C(C)C. The molecule has 3 aliphatic rings. The van der Waals surface area contributed by atoms with E-state index in [1.807, 2.05) is 59.4 Å². The summed E-state index contributed by atoms with van der Waals surface area (Å²) >= 11 is 6.18. The Balaban J connectivity index is 1.12. The summed E-state index contributed by atoms with van der Waals surface area (Å²) in [5.74, 6) is 0.457. The zero-order chi connectivity index (χ0) is 35.2. The average molecular weight is 696 g/mol. The number of carbonyl (C=O) groups excluding carboxylic acids is 2. The van der Waals surface area contributed by atoms with Crippen LogP contribution in [0.5, 0.6) is 17.4 Å². The van der Waals surface area contributed by atoms with Gasteiger partial charge in [-0.2, -0.15) is 4.98 Å². The van der Waals surface area contributed by atoms with Crippen LogP contribution in [0.2, 0.25) is 5.28 Å². The number of anilines is 1. The van der Waals surface area contributed by atoms with Gasteiger partial charge in [-0.05, 0) is 97.2 Å². The van der Waals surface area contributed by atoms with Crippen molar-refractivity contribution < 1.29 is 28.2 Å². The molecule has 1 saturated carbocycles. The molecule has 262 valence electrons. The van der Waals surface area contributed by atoms with Gasteiger partial charge in [-0.1, -0.05) is 0 Å². The van der Waals surface area contributed by atoms with Gasteiger partial charge in [-0.3, -0.25) is 9.78 Å². The van der Waals surface area contributed by atoms with E-state index in [1.54, 1.807) is 16.0 Å². The first-order valence-electron chi connectivity index (χ1n) is 16.7. The predicted octanol–water partition coefficient (Wildman–Crippen LogP) is 6.45. The minimum absolute atomic E-state index is 0.00559. The van der Waals surface area contributed by atoms with Crippen molar-refractivity contribution in [2.24, 2.45) is 5.41 Å². The van der Waals surface area contributed by atoms with Gasteiger partial charge in [0.05, 0.1) is 17.8 Å². The Morgan fingerprint density at radius 2 is 1.78 bits per heavy atom. The maximum absolute atomic E-state index is 14.4. The fourth-order valence-corrected chi connectivity index (χ4v) is 7.09. The number of rotatable bonds is 8. The minimum atomic E-state index is -0.575. The van der Waals surface area contributed by atoms with Gasteiger partial charge < -0.3 is 28.9 Å². The van der Waals surface area contributed by atoms with E-state index in [0.29, 0.717) is 38.4 Å². The van der Waals surface area contributed by atoms with Crippen molar-refractivity contribution in [2.45, 2.75) is 98.1 Å². The Morgan fingerprint density at radius 1 is 1.06 bits per heavy atom. The zero-order valence-electron chi connectivity index (χ0n) is 29.0. The molecule has 12 nitrogen and oxygen atoms in total. The summed E-state index contributed by atoms with van der Waals surface area (Å²) < 4.78 is 32.6. The lowest BCUT2D eigenvalue weighted by atomic mass is 9.61. The summed E-state index contributed by atoms with van der Waals surface area (Å²) in [6.07, 6.45) is 3.71. The molecule has 14 heteroatoms. The van der Waals surface area contributed by atoms with Gasteiger partial charge in [0.2, 0.25) is 5.28 Å². The summed E-state index contributed by atoms with van der Waals surface area (Å²) in [6, 6.07) is 5.47. The molecule has 2 aliphatic heterocycles. The molecule has 4 heterocycles. The van der Waals surface area contributed by atoms with Crippen LogP contribution in [-0.4, -0.2) is 85.4 Å². The van der Waals surface area contributed by atoms with Gasteiger partial charge in [0.15, 0.2) is 5.82 Å². The number of halogens is 2. The first kappa shape index (κ1) is 34.6. The summed E-state index contributed by atoms with van der Waals surface area (Å²) in [7, 11) is 0. The third kappa shape index (κ3) is 7.36. The summed E-state index contributed by atoms with van der Waals surface area (Å²) in [5, 5.41) is 8.01. The normalized spacial score (nSPS) is 17.0. The van der Waals surface area contributed by atoms with Gasteiger partial charge in [0.25, 0.3) is 11.8 Å². The fourth-order valence-electron chi connectivity index (χ4n) is 6.97. The Hall–Kier alpha value is -4.26. The fraction of sp³-hybridized carbons (Fsp3) is 0.543. The number of benzene rings is 1. The summed E-state index contributed by atoms with van der Waals surface area (Å²) in [5.41, 5.74) is 1.38. The highest BCUT2D eigenvalue weighted by molar-refractivity contribution is 6.28. The van der Waals surface area contributed by atoms with Crippen LogP contribution in [0.15, 0.2) is 30.5 Å². The van der Waals surface area contributed by atoms with Crippen molar-refractivity contribution in [1.82, 2.24) is 30.0 Å². The van der Waals surface area contributed by atoms with Gasteiger partial charge in [-0.25, -0.2) is 9.18 Å². The monoisotopic (exact) mass is 695 g/mol. The van der Waals surface area contributed by atoms with E-state index in [4.69, 9.17) is 25.8 Å². The maximum atomic E-state index is 14.4. The number of hydrogen-bond acceptors (Lipinski definition) is 10. The van der Waals surface area contributed by atoms with Crippen LogP contribution in [0.3, 0.4) is 0 Å². The van der Waals surface area contributed by atoms with Crippen molar-refractivity contribution in [1.29, 1.82) is 0 Å². The molecule has 3 aromatic rings. The second-order valence-electron chi connectivity index (χ2n) is 14.7. The van der Waals surface area contributed by atoms with Gasteiger partial charge >= 0.3 is 6.09 Å². The molecule has 1 aliphatic carbocycles. The summed E-state index contributed by atoms with van der Waals surface area (Å²) in [6.45, 7) is 15.5. The molecule has 49 heavy (non-hydrogen) atoms. The first-order chi connectivity index (χ1) is 23.1. The molecule has 1 spiro atoms. The number of aromatic nitrogens is 4. The van der Waals surface area contributed by atoms with Crippen molar-refractivity contribution in [3.8, 4) is 17.4 Å². The molecule has 1 saturated heterocycles. The Bertz CT molecular complexity index is 1730. The quantitative estimate of drug-likeness (QED) is 0.260. The van der Waals surface area contributed by atoms with Crippen LogP contribution in [0.1, 0.15) is 82.9 Å². The molecule has 1 aromatic carbocycles. The predicted molar refractivity (Wildman–Crippen MR) is 181 cm³/mol. The molecular weight excluding hydrogens is 653 g/mol. The summed E-state index contributed by atoms with van der Waals surface area (Å²) in [4.78, 5) is 40.7. The molecular formula is C35H43ClFN7O5. The molecule has 6 rings (SSSR count). The maximum Gasteiger partial charge on any atom is 0.410 e. The van der Waals surface area contributed by atoms with E-state index in [2.05, 4.69) is 20.2 Å². The van der Waals surface area contributed by atoms with E-state index in [-0.39, 0.29) is 58.1 Å². The van der Waals surface area contributed by atoms with Crippen LogP contribution in [0.4, 0.5) is 15.0 Å². The third-order valence-electron chi connectivity index (χ3n) is 9.03. The van der Waals surface area contributed by atoms with Crippen LogP contribution < -0.4 is 14.4 Å². The highest BCUT2D eigenvalue weighted by Gasteiger charge is 2.54. The van der Waals surface area contributed by atoms with E-state index in [9.17, 15) is 14.0 Å². The van der Waals surface area contributed by atoms with E-state index in [0.717, 1.165) is 29.8 Å². The standard InChI is InChI=1S/C35H43ClFN7O5/c1-20(2)44(21(3)4)31(45)24-14-22(37)8-9-27(24)48-30-29(39-32(36)41-40-30)43-18-35(19-43)15-23(16-35)47-28-10-12-38-26-11-13-42(17-25(26)28)33(46)49-34(5,6)7/h8-10,12,14,20-21,23H,11,13,15-19H2,1-7H3. The van der Waals surface area contributed by atoms with Crippen LogP contribution in [0.25, 0.3) is 0 Å². The second kappa shape index (κ2) is 13.2. The van der Waals surface area contributed by atoms with E-state index < -0.39 is 11.4 Å². The van der Waals surface area contributed by atoms with Crippen LogP contribution in [-0.2, 0) is 17.7 Å². The number of ether oxygens (including phenoxy) is 3. The van der Waals surface area contributed by atoms with Crippen LogP contribution in [0, 0.1) is 11.2 Å². The molecule has 2 aromatic heterocycles. The van der Waals surface area contributed by atoms with Gasteiger partial charge in [-0.15, -0.1) is 10.2 Å². The molecule has 0 radical (unpaired) electrons. The second-order valence-corrected chi connectivity index (χ2v) is 15.1. The number of fused-ring (bicyclic) bond motifs is 1. The third-order valence-corrected chi connectivity index (χ3v) is 9.19. The molecule has 2 fully saturated rings. The lowest BCUT2D eigenvalue weighted by molar-refractivity contribution is -0.0353. The Kier molecular flexibility index (Phi) is 9.33. The molecule has 0 unspecified atom stereocenters.